The number of nitrogens with one attached hydrogen (secondary N) is 2. The lowest BCUT2D eigenvalue weighted by atomic mass is 10.1. The summed E-state index contributed by atoms with van der Waals surface area (Å²) in [7, 11) is 0. The van der Waals surface area contributed by atoms with E-state index in [1.807, 2.05) is 46.5 Å². The van der Waals surface area contributed by atoms with Crippen LogP contribution in [0.15, 0.2) is 53.1 Å². The molecule has 2 N–H and O–H groups in total. The van der Waals surface area contributed by atoms with Crippen molar-refractivity contribution in [2.24, 2.45) is 0 Å². The molecule has 0 aliphatic heterocycles. The maximum absolute atomic E-state index is 12.1. The molecule has 8 heteroatoms. The zero-order valence-electron chi connectivity index (χ0n) is 14.8. The molecular weight excluding hydrogens is 378 g/mol. The van der Waals surface area contributed by atoms with Gasteiger partial charge in [0.25, 0.3) is 0 Å². The third kappa shape index (κ3) is 3.77. The lowest BCUT2D eigenvalue weighted by Crippen LogP contribution is -2.24. The fraction of sp³-hybridized carbons (Fsp3) is 0.211. The number of H-pyrrole nitrogens is 1. The highest BCUT2D eigenvalue weighted by Gasteiger charge is 2.17. The van der Waals surface area contributed by atoms with Crippen molar-refractivity contribution in [1.82, 2.24) is 25.1 Å². The molecule has 0 unspecified atom stereocenters. The minimum absolute atomic E-state index is 0.00676. The number of aromatic nitrogens is 4. The number of hydrogen-bond donors (Lipinski definition) is 2. The molecule has 3 heterocycles. The number of fused-ring (bicyclic) bond motifs is 1. The molecule has 1 aromatic carbocycles. The monoisotopic (exact) mass is 397 g/mol. The number of aromatic amines is 1. The Morgan fingerprint density at radius 3 is 2.96 bits per heavy atom. The highest BCUT2D eigenvalue weighted by molar-refractivity contribution is 7.99. The third-order valence-electron chi connectivity index (χ3n) is 4.24. The topological polar surface area (TPSA) is 75.6 Å². The fourth-order valence-corrected chi connectivity index (χ4v) is 4.39. The molecule has 0 radical (unpaired) electrons. The molecule has 3 aromatic heterocycles. The van der Waals surface area contributed by atoms with Gasteiger partial charge >= 0.3 is 0 Å². The summed E-state index contributed by atoms with van der Waals surface area (Å²) < 4.78 is 2.05. The van der Waals surface area contributed by atoms with Crippen molar-refractivity contribution in [2.45, 2.75) is 25.2 Å². The summed E-state index contributed by atoms with van der Waals surface area (Å²) in [6, 6.07) is 12.1. The predicted octanol–water partition coefficient (Wildman–Crippen LogP) is 3.92. The van der Waals surface area contributed by atoms with Gasteiger partial charge in [0.15, 0.2) is 11.0 Å². The van der Waals surface area contributed by atoms with Crippen LogP contribution in [-0.4, -0.2) is 31.4 Å². The first kappa shape index (κ1) is 17.8. The van der Waals surface area contributed by atoms with E-state index in [9.17, 15) is 4.79 Å². The van der Waals surface area contributed by atoms with Crippen molar-refractivity contribution < 1.29 is 4.79 Å². The van der Waals surface area contributed by atoms with Crippen LogP contribution in [0.1, 0.15) is 11.8 Å². The van der Waals surface area contributed by atoms with Crippen LogP contribution in [-0.2, 0) is 17.9 Å². The number of hydrogen-bond acceptors (Lipinski definition) is 5. The Morgan fingerprint density at radius 2 is 2.15 bits per heavy atom. The molecule has 0 atom stereocenters. The first-order chi connectivity index (χ1) is 13.3. The minimum Gasteiger partial charge on any atom is -0.360 e. The number of benzene rings is 1. The molecule has 0 spiro atoms. The van der Waals surface area contributed by atoms with Gasteiger partial charge in [0.05, 0.1) is 12.3 Å². The van der Waals surface area contributed by atoms with Crippen LogP contribution >= 0.6 is 23.1 Å². The first-order valence-corrected chi connectivity index (χ1v) is 10.5. The van der Waals surface area contributed by atoms with E-state index in [0.717, 1.165) is 38.9 Å². The van der Waals surface area contributed by atoms with Crippen LogP contribution in [0.4, 0.5) is 0 Å². The van der Waals surface area contributed by atoms with E-state index in [0.29, 0.717) is 12.3 Å². The van der Waals surface area contributed by atoms with E-state index < -0.39 is 0 Å². The molecular formula is C19H19N5OS2. The number of thioether (sulfide) groups is 1. The number of rotatable bonds is 7. The summed E-state index contributed by atoms with van der Waals surface area (Å²) in [5, 5.41) is 15.5. The summed E-state index contributed by atoms with van der Waals surface area (Å²) in [6.45, 7) is 3.36. The van der Waals surface area contributed by atoms with E-state index in [2.05, 4.69) is 33.5 Å². The van der Waals surface area contributed by atoms with Crippen molar-refractivity contribution >= 4 is 39.9 Å². The fourth-order valence-electron chi connectivity index (χ4n) is 2.92. The van der Waals surface area contributed by atoms with Crippen molar-refractivity contribution in [3.63, 3.8) is 0 Å². The van der Waals surface area contributed by atoms with Gasteiger partial charge in [-0.15, -0.1) is 21.5 Å². The highest BCUT2D eigenvalue weighted by atomic mass is 32.2. The average molecular weight is 398 g/mol. The molecule has 0 saturated heterocycles. The first-order valence-electron chi connectivity index (χ1n) is 8.68. The van der Waals surface area contributed by atoms with E-state index in [1.165, 1.54) is 11.8 Å². The van der Waals surface area contributed by atoms with E-state index in [4.69, 9.17) is 0 Å². The Bertz CT molecular complexity index is 1050. The number of amides is 1. The van der Waals surface area contributed by atoms with Crippen LogP contribution in [0.5, 0.6) is 0 Å². The van der Waals surface area contributed by atoms with Crippen molar-refractivity contribution in [1.29, 1.82) is 0 Å². The van der Waals surface area contributed by atoms with Gasteiger partial charge in [-0.05, 0) is 24.4 Å². The summed E-state index contributed by atoms with van der Waals surface area (Å²) in [5.41, 5.74) is 2.09. The van der Waals surface area contributed by atoms with Gasteiger partial charge in [-0.3, -0.25) is 4.79 Å². The Labute approximate surface area is 165 Å². The minimum atomic E-state index is -0.00676. The Kier molecular flexibility index (Phi) is 5.26. The smallest absolute Gasteiger partial charge is 0.230 e. The summed E-state index contributed by atoms with van der Waals surface area (Å²) in [6.07, 6.45) is 1.96. The van der Waals surface area contributed by atoms with Crippen molar-refractivity contribution in [3.05, 3.63) is 52.9 Å². The van der Waals surface area contributed by atoms with Crippen LogP contribution in [0.3, 0.4) is 0 Å². The zero-order valence-corrected chi connectivity index (χ0v) is 16.4. The molecule has 6 nitrogen and oxygen atoms in total. The molecule has 0 aliphatic carbocycles. The number of para-hydroxylation sites is 1. The normalized spacial score (nSPS) is 11.1. The molecule has 27 heavy (non-hydrogen) atoms. The largest absolute Gasteiger partial charge is 0.360 e. The molecule has 0 saturated carbocycles. The van der Waals surface area contributed by atoms with Crippen LogP contribution < -0.4 is 5.32 Å². The third-order valence-corrected chi connectivity index (χ3v) is 6.08. The van der Waals surface area contributed by atoms with E-state index in [1.54, 1.807) is 11.3 Å². The molecule has 0 fully saturated rings. The molecule has 1 amide bonds. The quantitative estimate of drug-likeness (QED) is 0.464. The molecule has 0 aliphatic rings. The zero-order chi connectivity index (χ0) is 18.6. The Hall–Kier alpha value is -2.58. The standard InChI is InChI=1S/C19H19N5OS2/c1-2-24-18(15-11-20-16-8-4-3-7-14(15)16)22-23-19(24)27-12-17(25)21-10-13-6-5-9-26-13/h3-9,11,20H,2,10,12H2,1H3,(H,21,25). The SMILES string of the molecule is CCn1c(SCC(=O)NCc2cccs2)nnc1-c1c[nH]c2ccccc12. The van der Waals surface area contributed by atoms with Gasteiger partial charge in [-0.1, -0.05) is 36.0 Å². The van der Waals surface area contributed by atoms with Gasteiger partial charge in [-0.25, -0.2) is 0 Å². The molecule has 4 aromatic rings. The van der Waals surface area contributed by atoms with Crippen LogP contribution in [0.25, 0.3) is 22.3 Å². The van der Waals surface area contributed by atoms with Gasteiger partial charge in [0.1, 0.15) is 0 Å². The average Bonchev–Trinajstić information content (AvgIpc) is 3.43. The second kappa shape index (κ2) is 7.98. The van der Waals surface area contributed by atoms with E-state index in [-0.39, 0.29) is 5.91 Å². The molecule has 138 valence electrons. The maximum Gasteiger partial charge on any atom is 0.230 e. The van der Waals surface area contributed by atoms with Crippen LogP contribution in [0, 0.1) is 0 Å². The number of thiophene rings is 1. The van der Waals surface area contributed by atoms with Gasteiger partial charge in [0, 0.05) is 34.1 Å². The summed E-state index contributed by atoms with van der Waals surface area (Å²) in [5.74, 6) is 1.13. The molecule has 4 rings (SSSR count). The van der Waals surface area contributed by atoms with Gasteiger partial charge < -0.3 is 14.9 Å². The lowest BCUT2D eigenvalue weighted by molar-refractivity contribution is -0.118. The van der Waals surface area contributed by atoms with Crippen LogP contribution in [0.2, 0.25) is 0 Å². The predicted molar refractivity (Wildman–Crippen MR) is 110 cm³/mol. The van der Waals surface area contributed by atoms with E-state index >= 15 is 0 Å². The second-order valence-electron chi connectivity index (χ2n) is 5.94. The highest BCUT2D eigenvalue weighted by Crippen LogP contribution is 2.29. The molecule has 0 bridgehead atoms. The maximum atomic E-state index is 12.1. The number of carbonyl (C=O) groups excluding carboxylic acids is 1. The Balaban J connectivity index is 1.47. The van der Waals surface area contributed by atoms with Gasteiger partial charge in [-0.2, -0.15) is 0 Å². The number of nitrogens with zero attached hydrogens (tertiary/aromatic N) is 3. The summed E-state index contributed by atoms with van der Waals surface area (Å²) >= 11 is 3.05. The second-order valence-corrected chi connectivity index (χ2v) is 7.92. The lowest BCUT2D eigenvalue weighted by Gasteiger charge is -2.07. The van der Waals surface area contributed by atoms with Crippen molar-refractivity contribution in [2.75, 3.05) is 5.75 Å². The number of carbonyl (C=O) groups is 1. The Morgan fingerprint density at radius 1 is 1.26 bits per heavy atom. The summed E-state index contributed by atoms with van der Waals surface area (Å²) in [4.78, 5) is 16.6. The van der Waals surface area contributed by atoms with Gasteiger partial charge in [0.2, 0.25) is 5.91 Å². The van der Waals surface area contributed by atoms with Crippen molar-refractivity contribution in [3.8, 4) is 11.4 Å².